The van der Waals surface area contributed by atoms with Crippen molar-refractivity contribution >= 4 is 11.6 Å². The van der Waals surface area contributed by atoms with Crippen LogP contribution in [0.15, 0.2) is 6.07 Å². The molecule has 15 heavy (non-hydrogen) atoms. The van der Waals surface area contributed by atoms with Crippen molar-refractivity contribution in [2.45, 2.75) is 6.36 Å². The van der Waals surface area contributed by atoms with Gasteiger partial charge in [0.05, 0.1) is 7.11 Å². The topological polar surface area (TPSA) is 51.6 Å². The number of hydrogen-bond donors (Lipinski definition) is 1. The SMILES string of the molecule is COc1cc(O)c(OC(F)(F)F)nc1Cl. The molecule has 0 amide bonds. The molecule has 4 nitrogen and oxygen atoms in total. The van der Waals surface area contributed by atoms with E-state index in [0.29, 0.717) is 0 Å². The van der Waals surface area contributed by atoms with E-state index in [1.54, 1.807) is 0 Å². The second kappa shape index (κ2) is 4.01. The Bertz CT molecular complexity index is 369. The normalized spacial score (nSPS) is 11.3. The smallest absolute Gasteiger partial charge is 0.503 e. The van der Waals surface area contributed by atoms with Gasteiger partial charge >= 0.3 is 6.36 Å². The predicted octanol–water partition coefficient (Wildman–Crippen LogP) is 2.35. The maximum atomic E-state index is 11.8. The first-order valence-corrected chi connectivity index (χ1v) is 3.90. The highest BCUT2D eigenvalue weighted by atomic mass is 35.5. The Morgan fingerprint density at radius 2 is 2.07 bits per heavy atom. The van der Waals surface area contributed by atoms with Crippen molar-refractivity contribution in [3.8, 4) is 17.4 Å². The summed E-state index contributed by atoms with van der Waals surface area (Å²) in [5.41, 5.74) is 0. The maximum absolute atomic E-state index is 11.8. The van der Waals surface area contributed by atoms with Crippen molar-refractivity contribution in [1.29, 1.82) is 0 Å². The monoisotopic (exact) mass is 243 g/mol. The first-order chi connectivity index (χ1) is 6.83. The minimum atomic E-state index is -4.94. The molecule has 0 fully saturated rings. The number of rotatable bonds is 2. The zero-order valence-corrected chi connectivity index (χ0v) is 8.06. The Labute approximate surface area is 87.2 Å². The number of hydrogen-bond acceptors (Lipinski definition) is 4. The van der Waals surface area contributed by atoms with Gasteiger partial charge in [-0.25, -0.2) is 0 Å². The molecule has 0 spiro atoms. The van der Waals surface area contributed by atoms with Gasteiger partial charge in [-0.1, -0.05) is 11.6 Å². The summed E-state index contributed by atoms with van der Waals surface area (Å²) < 4.78 is 43.4. The van der Waals surface area contributed by atoms with Crippen LogP contribution in [-0.2, 0) is 0 Å². The summed E-state index contributed by atoms with van der Waals surface area (Å²) in [4.78, 5) is 3.18. The van der Waals surface area contributed by atoms with Gasteiger partial charge in [0.2, 0.25) is 0 Å². The predicted molar refractivity (Wildman–Crippen MR) is 44.1 cm³/mol. The summed E-state index contributed by atoms with van der Waals surface area (Å²) in [6.45, 7) is 0. The molecule has 1 aromatic rings. The van der Waals surface area contributed by atoms with E-state index in [-0.39, 0.29) is 10.9 Å². The second-order valence-corrected chi connectivity index (χ2v) is 2.71. The van der Waals surface area contributed by atoms with Crippen molar-refractivity contribution in [1.82, 2.24) is 4.98 Å². The van der Waals surface area contributed by atoms with Gasteiger partial charge in [0.15, 0.2) is 16.7 Å². The highest BCUT2D eigenvalue weighted by Gasteiger charge is 2.33. The number of halogens is 4. The summed E-state index contributed by atoms with van der Waals surface area (Å²) >= 11 is 5.44. The summed E-state index contributed by atoms with van der Waals surface area (Å²) in [6.07, 6.45) is -4.94. The van der Waals surface area contributed by atoms with Crippen LogP contribution in [0.25, 0.3) is 0 Å². The number of alkyl halides is 3. The van der Waals surface area contributed by atoms with Crippen LogP contribution in [0.4, 0.5) is 13.2 Å². The van der Waals surface area contributed by atoms with Crippen LogP contribution in [0.1, 0.15) is 0 Å². The van der Waals surface area contributed by atoms with Gasteiger partial charge in [0, 0.05) is 6.07 Å². The Morgan fingerprint density at radius 3 is 2.53 bits per heavy atom. The Morgan fingerprint density at radius 1 is 1.47 bits per heavy atom. The van der Waals surface area contributed by atoms with Gasteiger partial charge in [0.25, 0.3) is 5.88 Å². The zero-order chi connectivity index (χ0) is 11.6. The van der Waals surface area contributed by atoms with Crippen molar-refractivity contribution in [2.24, 2.45) is 0 Å². The molecular weight excluding hydrogens is 239 g/mol. The fraction of sp³-hybridized carbons (Fsp3) is 0.286. The van der Waals surface area contributed by atoms with Crippen LogP contribution < -0.4 is 9.47 Å². The van der Waals surface area contributed by atoms with E-state index >= 15 is 0 Å². The molecule has 1 N–H and O–H groups in total. The summed E-state index contributed by atoms with van der Waals surface area (Å²) in [5, 5.41) is 8.75. The highest BCUT2D eigenvalue weighted by molar-refractivity contribution is 6.30. The highest BCUT2D eigenvalue weighted by Crippen LogP contribution is 2.35. The van der Waals surface area contributed by atoms with E-state index < -0.39 is 18.0 Å². The van der Waals surface area contributed by atoms with Crippen LogP contribution in [0, 0.1) is 0 Å². The fourth-order valence-electron chi connectivity index (χ4n) is 0.775. The van der Waals surface area contributed by atoms with Crippen LogP contribution >= 0.6 is 11.6 Å². The summed E-state index contributed by atoms with van der Waals surface area (Å²) in [5.74, 6) is -1.88. The number of ether oxygens (including phenoxy) is 2. The number of aromatic hydroxyl groups is 1. The third kappa shape index (κ3) is 3.05. The van der Waals surface area contributed by atoms with E-state index in [9.17, 15) is 13.2 Å². The summed E-state index contributed by atoms with van der Waals surface area (Å²) in [7, 11) is 1.23. The van der Waals surface area contributed by atoms with Gasteiger partial charge in [0.1, 0.15) is 0 Å². The third-order valence-corrected chi connectivity index (χ3v) is 1.59. The van der Waals surface area contributed by atoms with E-state index in [4.69, 9.17) is 16.7 Å². The van der Waals surface area contributed by atoms with Crippen LogP contribution in [0.3, 0.4) is 0 Å². The average Bonchev–Trinajstić information content (AvgIpc) is 2.08. The fourth-order valence-corrected chi connectivity index (χ4v) is 0.983. The summed E-state index contributed by atoms with van der Waals surface area (Å²) in [6, 6.07) is 0.871. The largest absolute Gasteiger partial charge is 0.574 e. The first-order valence-electron chi connectivity index (χ1n) is 3.52. The van der Waals surface area contributed by atoms with Crippen LogP contribution in [0.5, 0.6) is 17.4 Å². The van der Waals surface area contributed by atoms with Crippen LogP contribution in [0.2, 0.25) is 5.15 Å². The van der Waals surface area contributed by atoms with E-state index in [1.165, 1.54) is 7.11 Å². The van der Waals surface area contributed by atoms with Gasteiger partial charge in [-0.05, 0) is 0 Å². The molecule has 0 bridgehead atoms. The lowest BCUT2D eigenvalue weighted by molar-refractivity contribution is -0.276. The lowest BCUT2D eigenvalue weighted by Crippen LogP contribution is -2.18. The molecule has 1 aromatic heterocycles. The molecule has 0 atom stereocenters. The molecule has 0 aliphatic heterocycles. The number of pyridine rings is 1. The lowest BCUT2D eigenvalue weighted by atomic mass is 10.4. The molecule has 0 aromatic carbocycles. The van der Waals surface area contributed by atoms with Gasteiger partial charge in [-0.15, -0.1) is 13.2 Å². The Balaban J connectivity index is 3.05. The first kappa shape index (κ1) is 11.7. The Kier molecular flexibility index (Phi) is 3.13. The molecule has 0 radical (unpaired) electrons. The number of nitrogens with zero attached hydrogens (tertiary/aromatic N) is 1. The molecular formula is C7H5ClF3NO3. The molecule has 8 heteroatoms. The van der Waals surface area contributed by atoms with Gasteiger partial charge in [-0.2, -0.15) is 4.98 Å². The van der Waals surface area contributed by atoms with Gasteiger partial charge in [-0.3, -0.25) is 0 Å². The zero-order valence-electron chi connectivity index (χ0n) is 7.30. The molecule has 0 aliphatic carbocycles. The molecule has 0 unspecified atom stereocenters. The molecule has 0 saturated carbocycles. The van der Waals surface area contributed by atoms with E-state index in [1.807, 2.05) is 0 Å². The number of aromatic nitrogens is 1. The average molecular weight is 244 g/mol. The van der Waals surface area contributed by atoms with Crippen LogP contribution in [-0.4, -0.2) is 23.6 Å². The standard InChI is InChI=1S/C7H5ClF3NO3/c1-14-4-2-3(13)6(12-5(4)8)15-7(9,10)11/h2,13H,1H3. The van der Waals surface area contributed by atoms with Gasteiger partial charge < -0.3 is 14.6 Å². The van der Waals surface area contributed by atoms with Crippen molar-refractivity contribution in [3.05, 3.63) is 11.2 Å². The quantitative estimate of drug-likeness (QED) is 0.810. The third-order valence-electron chi connectivity index (χ3n) is 1.32. The van der Waals surface area contributed by atoms with Crippen molar-refractivity contribution in [2.75, 3.05) is 7.11 Å². The molecule has 0 aliphatic rings. The second-order valence-electron chi connectivity index (χ2n) is 2.35. The molecule has 0 saturated heterocycles. The molecule has 1 heterocycles. The lowest BCUT2D eigenvalue weighted by Gasteiger charge is -2.10. The maximum Gasteiger partial charge on any atom is 0.574 e. The number of methoxy groups -OCH3 is 1. The molecule has 84 valence electrons. The molecule has 1 rings (SSSR count). The van der Waals surface area contributed by atoms with E-state index in [0.717, 1.165) is 6.07 Å². The van der Waals surface area contributed by atoms with E-state index in [2.05, 4.69) is 14.5 Å². The Hall–Kier alpha value is -1.37. The van der Waals surface area contributed by atoms with Crippen molar-refractivity contribution in [3.63, 3.8) is 0 Å². The van der Waals surface area contributed by atoms with Crippen molar-refractivity contribution < 1.29 is 27.8 Å². The minimum Gasteiger partial charge on any atom is -0.503 e. The minimum absolute atomic E-state index is 0.0521.